The highest BCUT2D eigenvalue weighted by Crippen LogP contribution is 2.15. The van der Waals surface area contributed by atoms with E-state index in [-0.39, 0.29) is 12.7 Å². The van der Waals surface area contributed by atoms with Crippen molar-refractivity contribution in [3.05, 3.63) is 18.2 Å². The maximum Gasteiger partial charge on any atom is 0.312 e. The molecule has 0 saturated carbocycles. The Morgan fingerprint density at radius 3 is 2.73 bits per heavy atom. The summed E-state index contributed by atoms with van der Waals surface area (Å²) in [6, 6.07) is 0. The molecule has 0 saturated heterocycles. The molecule has 0 fully saturated rings. The van der Waals surface area contributed by atoms with Crippen molar-refractivity contribution in [2.24, 2.45) is 5.41 Å². The van der Waals surface area contributed by atoms with Gasteiger partial charge in [0.25, 0.3) is 0 Å². The molecule has 0 N–H and O–H groups in total. The van der Waals surface area contributed by atoms with Crippen LogP contribution in [0.3, 0.4) is 0 Å². The van der Waals surface area contributed by atoms with Crippen LogP contribution in [-0.2, 0) is 16.3 Å². The Labute approximate surface area is 88.1 Å². The first-order valence-corrected chi connectivity index (χ1v) is 4.57. The fraction of sp³-hybridized carbons (Fsp3) is 0.500. The number of esters is 1. The first-order chi connectivity index (χ1) is 6.93. The molecule has 0 aliphatic carbocycles. The van der Waals surface area contributed by atoms with E-state index >= 15 is 0 Å². The molecule has 0 amide bonds. The van der Waals surface area contributed by atoms with E-state index in [4.69, 9.17) is 4.74 Å². The predicted octanol–water partition coefficient (Wildman–Crippen LogP) is 1.24. The second-order valence-electron chi connectivity index (χ2n) is 4.24. The minimum atomic E-state index is -0.520. The molecule has 5 heteroatoms. The lowest BCUT2D eigenvalue weighted by atomic mass is 9.98. The van der Waals surface area contributed by atoms with E-state index in [2.05, 4.69) is 4.98 Å². The number of hydrogen-bond donors (Lipinski definition) is 0. The minimum absolute atomic E-state index is 0.0803. The van der Waals surface area contributed by atoms with Gasteiger partial charge in [0.1, 0.15) is 5.69 Å². The highest BCUT2D eigenvalue weighted by molar-refractivity contribution is 5.75. The third kappa shape index (κ3) is 3.19. The van der Waals surface area contributed by atoms with Crippen molar-refractivity contribution in [1.29, 1.82) is 0 Å². The molecule has 5 nitrogen and oxygen atoms in total. The average molecular weight is 210 g/mol. The van der Waals surface area contributed by atoms with Gasteiger partial charge >= 0.3 is 5.97 Å². The highest BCUT2D eigenvalue weighted by Gasteiger charge is 2.22. The number of nitrogens with zero attached hydrogens (tertiary/aromatic N) is 2. The SMILES string of the molecule is CC(C)(C)C(=O)OCn1cnc(C=O)c1. The minimum Gasteiger partial charge on any atom is -0.443 e. The number of aldehydes is 1. The number of hydrogen-bond acceptors (Lipinski definition) is 4. The maximum absolute atomic E-state index is 11.4. The van der Waals surface area contributed by atoms with Crippen LogP contribution in [0.4, 0.5) is 0 Å². The van der Waals surface area contributed by atoms with Crippen molar-refractivity contribution in [3.63, 3.8) is 0 Å². The Bertz CT molecular complexity index is 363. The molecule has 0 radical (unpaired) electrons. The molecule has 1 rings (SSSR count). The van der Waals surface area contributed by atoms with E-state index in [0.29, 0.717) is 12.0 Å². The maximum atomic E-state index is 11.4. The van der Waals surface area contributed by atoms with Crippen LogP contribution in [0.1, 0.15) is 31.3 Å². The lowest BCUT2D eigenvalue weighted by molar-refractivity contribution is -0.156. The topological polar surface area (TPSA) is 61.2 Å². The smallest absolute Gasteiger partial charge is 0.312 e. The van der Waals surface area contributed by atoms with Gasteiger partial charge in [-0.15, -0.1) is 0 Å². The van der Waals surface area contributed by atoms with Crippen LogP contribution in [0.2, 0.25) is 0 Å². The van der Waals surface area contributed by atoms with E-state index < -0.39 is 5.41 Å². The summed E-state index contributed by atoms with van der Waals surface area (Å²) in [6.45, 7) is 5.41. The largest absolute Gasteiger partial charge is 0.443 e. The van der Waals surface area contributed by atoms with Gasteiger partial charge in [-0.2, -0.15) is 0 Å². The van der Waals surface area contributed by atoms with Crippen molar-refractivity contribution in [1.82, 2.24) is 9.55 Å². The molecule has 0 bridgehead atoms. The van der Waals surface area contributed by atoms with Crippen LogP contribution >= 0.6 is 0 Å². The van der Waals surface area contributed by atoms with Crippen LogP contribution < -0.4 is 0 Å². The summed E-state index contributed by atoms with van der Waals surface area (Å²) in [6.07, 6.45) is 3.60. The molecule has 0 atom stereocenters. The second kappa shape index (κ2) is 4.25. The standard InChI is InChI=1S/C10H14N2O3/c1-10(2,3)9(14)15-7-12-4-8(5-13)11-6-12/h4-6H,7H2,1-3H3. The molecule has 0 aromatic carbocycles. The molecule has 0 aliphatic rings. The Morgan fingerprint density at radius 2 is 2.27 bits per heavy atom. The molecule has 15 heavy (non-hydrogen) atoms. The van der Waals surface area contributed by atoms with Crippen LogP contribution in [-0.4, -0.2) is 21.8 Å². The molecular formula is C10H14N2O3. The summed E-state index contributed by atoms with van der Waals surface area (Å²) >= 11 is 0. The predicted molar refractivity (Wildman–Crippen MR) is 53.2 cm³/mol. The highest BCUT2D eigenvalue weighted by atomic mass is 16.5. The molecule has 0 unspecified atom stereocenters. The Balaban J connectivity index is 2.50. The fourth-order valence-electron chi connectivity index (χ4n) is 0.859. The number of carbonyl (C=O) groups is 2. The second-order valence-corrected chi connectivity index (χ2v) is 4.24. The Hall–Kier alpha value is -1.65. The van der Waals surface area contributed by atoms with Gasteiger partial charge in [0.2, 0.25) is 0 Å². The van der Waals surface area contributed by atoms with Gasteiger partial charge in [0.05, 0.1) is 11.7 Å². The first-order valence-electron chi connectivity index (χ1n) is 4.57. The van der Waals surface area contributed by atoms with Gasteiger partial charge in [-0.25, -0.2) is 4.98 Å². The number of rotatable bonds is 3. The fourth-order valence-corrected chi connectivity index (χ4v) is 0.859. The normalized spacial score (nSPS) is 11.1. The van der Waals surface area contributed by atoms with Gasteiger partial charge in [0, 0.05) is 6.20 Å². The van der Waals surface area contributed by atoms with Gasteiger partial charge in [-0.3, -0.25) is 9.59 Å². The lowest BCUT2D eigenvalue weighted by Crippen LogP contribution is -2.23. The van der Waals surface area contributed by atoms with Crippen molar-refractivity contribution in [3.8, 4) is 0 Å². The van der Waals surface area contributed by atoms with Gasteiger partial charge < -0.3 is 9.30 Å². The monoisotopic (exact) mass is 210 g/mol. The number of ether oxygens (including phenoxy) is 1. The Kier molecular flexibility index (Phi) is 3.24. The summed E-state index contributed by atoms with van der Waals surface area (Å²) in [5.74, 6) is -0.288. The van der Waals surface area contributed by atoms with E-state index in [9.17, 15) is 9.59 Å². The zero-order chi connectivity index (χ0) is 11.5. The van der Waals surface area contributed by atoms with Crippen molar-refractivity contribution >= 4 is 12.3 Å². The molecule has 0 aliphatic heterocycles. The van der Waals surface area contributed by atoms with E-state index in [1.54, 1.807) is 20.8 Å². The van der Waals surface area contributed by atoms with E-state index in [1.807, 2.05) is 0 Å². The molecule has 1 aromatic rings. The van der Waals surface area contributed by atoms with Crippen molar-refractivity contribution < 1.29 is 14.3 Å². The van der Waals surface area contributed by atoms with Crippen LogP contribution in [0.15, 0.2) is 12.5 Å². The molecule has 0 spiro atoms. The van der Waals surface area contributed by atoms with Gasteiger partial charge in [-0.1, -0.05) is 0 Å². The van der Waals surface area contributed by atoms with Gasteiger partial charge in [0.15, 0.2) is 13.0 Å². The molecule has 1 heterocycles. The number of aromatic nitrogens is 2. The third-order valence-electron chi connectivity index (χ3n) is 1.73. The quantitative estimate of drug-likeness (QED) is 0.556. The zero-order valence-electron chi connectivity index (χ0n) is 9.06. The summed E-state index contributed by atoms with van der Waals surface area (Å²) in [7, 11) is 0. The summed E-state index contributed by atoms with van der Waals surface area (Å²) in [4.78, 5) is 25.5. The lowest BCUT2D eigenvalue weighted by Gasteiger charge is -2.16. The third-order valence-corrected chi connectivity index (χ3v) is 1.73. The van der Waals surface area contributed by atoms with Crippen LogP contribution in [0, 0.1) is 5.41 Å². The summed E-state index contributed by atoms with van der Waals surface area (Å²) in [5.41, 5.74) is -0.199. The Morgan fingerprint density at radius 1 is 1.60 bits per heavy atom. The first kappa shape index (κ1) is 11.4. The summed E-state index contributed by atoms with van der Waals surface area (Å²) in [5, 5.41) is 0. The molecule has 82 valence electrons. The van der Waals surface area contributed by atoms with Crippen molar-refractivity contribution in [2.75, 3.05) is 0 Å². The number of carbonyl (C=O) groups excluding carboxylic acids is 2. The van der Waals surface area contributed by atoms with Crippen LogP contribution in [0.25, 0.3) is 0 Å². The van der Waals surface area contributed by atoms with E-state index in [1.165, 1.54) is 17.1 Å². The molecule has 1 aromatic heterocycles. The number of imidazole rings is 1. The average Bonchev–Trinajstić information content (AvgIpc) is 2.60. The van der Waals surface area contributed by atoms with Gasteiger partial charge in [-0.05, 0) is 20.8 Å². The van der Waals surface area contributed by atoms with E-state index in [0.717, 1.165) is 0 Å². The van der Waals surface area contributed by atoms with Crippen LogP contribution in [0.5, 0.6) is 0 Å². The summed E-state index contributed by atoms with van der Waals surface area (Å²) < 4.78 is 6.55. The van der Waals surface area contributed by atoms with Crippen molar-refractivity contribution in [2.45, 2.75) is 27.5 Å². The zero-order valence-corrected chi connectivity index (χ0v) is 9.06. The molecular weight excluding hydrogens is 196 g/mol.